The Morgan fingerprint density at radius 3 is 2.45 bits per heavy atom. The fraction of sp³-hybridized carbons (Fsp3) is 0.379. The first kappa shape index (κ1) is 51.0. The van der Waals surface area contributed by atoms with E-state index >= 15 is 0 Å². The van der Waals surface area contributed by atoms with Crippen LogP contribution in [0.4, 0.5) is 16.6 Å². The number of benzene rings is 4. The highest BCUT2D eigenvalue weighted by molar-refractivity contribution is 7.22. The number of nitrogens with one attached hydrogen (secondary N) is 3. The normalized spacial score (nSPS) is 16.9. The number of likely N-dealkylation sites (tertiary alicyclic amines) is 1. The summed E-state index contributed by atoms with van der Waals surface area (Å²) in [6, 6.07) is 29.1. The molecule has 3 aromatic heterocycles. The maximum atomic E-state index is 14.0. The molecule has 0 spiro atoms. The maximum absolute atomic E-state index is 14.0. The zero-order valence-electron chi connectivity index (χ0n) is 43.3. The number of nitrogens with zero attached hydrogens (tertiary/aromatic N) is 6. The lowest BCUT2D eigenvalue weighted by Crippen LogP contribution is -2.40. The second-order valence-corrected chi connectivity index (χ2v) is 22.2. The second-order valence-electron chi connectivity index (χ2n) is 21.1. The van der Waals surface area contributed by atoms with Gasteiger partial charge in [-0.1, -0.05) is 48.6 Å². The fourth-order valence-corrected chi connectivity index (χ4v) is 11.5. The van der Waals surface area contributed by atoms with Crippen LogP contribution >= 0.6 is 11.3 Å². The summed E-state index contributed by atoms with van der Waals surface area (Å²) in [5.74, 6) is 0.422. The lowest BCUT2D eigenvalue weighted by atomic mass is 9.84. The van der Waals surface area contributed by atoms with Gasteiger partial charge in [0.2, 0.25) is 17.7 Å². The molecular formula is C58H63N9O7S. The summed E-state index contributed by atoms with van der Waals surface area (Å²) < 4.78 is 15.0. The third-order valence-corrected chi connectivity index (χ3v) is 15.6. The Kier molecular flexibility index (Phi) is 14.5. The van der Waals surface area contributed by atoms with E-state index in [9.17, 15) is 24.0 Å². The van der Waals surface area contributed by atoms with E-state index in [0.29, 0.717) is 84.4 Å². The Labute approximate surface area is 440 Å². The van der Waals surface area contributed by atoms with Crippen LogP contribution in [0.5, 0.6) is 5.75 Å². The van der Waals surface area contributed by atoms with Crippen molar-refractivity contribution in [2.24, 2.45) is 18.9 Å². The Morgan fingerprint density at radius 2 is 1.68 bits per heavy atom. The molecule has 17 heteroatoms. The first-order valence-electron chi connectivity index (χ1n) is 25.9. The molecule has 16 nitrogen and oxygen atoms in total. The molecule has 1 unspecified atom stereocenters. The SMILES string of the molecule is Cc1cc(OCC[C@H](C)C2CCN(CC(=O)Nc3ccc4c(C5CCC(=O)NC5=O)nn(C)c4c3)CC2)ccc1-c1ccc(N2CCc3cccc(C(=O)Nc4nc5ccccc5s4)c3C2)nc1C(=O)OC(C)(C)C. The molecule has 3 N–H and O–H groups in total. The average Bonchev–Trinajstić information content (AvgIpc) is 3.95. The van der Waals surface area contributed by atoms with Gasteiger partial charge in [0.1, 0.15) is 17.2 Å². The van der Waals surface area contributed by atoms with Crippen molar-refractivity contribution in [3.63, 3.8) is 0 Å². The van der Waals surface area contributed by atoms with E-state index in [1.807, 2.05) is 120 Å². The average molecular weight is 1030 g/mol. The Bertz CT molecular complexity index is 3320. The number of amides is 4. The van der Waals surface area contributed by atoms with Crippen molar-refractivity contribution < 1.29 is 33.4 Å². The van der Waals surface area contributed by atoms with E-state index in [0.717, 1.165) is 81.5 Å². The molecule has 0 radical (unpaired) electrons. The minimum Gasteiger partial charge on any atom is -0.494 e. The minimum absolute atomic E-state index is 0.0820. The molecule has 3 aliphatic rings. The number of carbonyl (C=O) groups excluding carboxylic acids is 5. The molecule has 2 atom stereocenters. The smallest absolute Gasteiger partial charge is 0.358 e. The third-order valence-electron chi connectivity index (χ3n) is 14.7. The van der Waals surface area contributed by atoms with Crippen LogP contribution in [-0.2, 0) is 39.1 Å². The van der Waals surface area contributed by atoms with Gasteiger partial charge in [-0.25, -0.2) is 14.8 Å². The molecule has 388 valence electrons. The topological polar surface area (TPSA) is 190 Å². The minimum atomic E-state index is -0.743. The third kappa shape index (κ3) is 11.4. The summed E-state index contributed by atoms with van der Waals surface area (Å²) in [6.45, 7) is 13.4. The molecule has 7 aromatic rings. The number of aromatic nitrogens is 4. The van der Waals surface area contributed by atoms with Gasteiger partial charge in [0, 0.05) is 48.8 Å². The molecule has 6 heterocycles. The first-order chi connectivity index (χ1) is 36.0. The molecular weight excluding hydrogens is 967 g/mol. The van der Waals surface area contributed by atoms with Crippen molar-refractivity contribution in [1.82, 2.24) is 30.0 Å². The van der Waals surface area contributed by atoms with Crippen molar-refractivity contribution in [3.8, 4) is 16.9 Å². The van der Waals surface area contributed by atoms with Gasteiger partial charge >= 0.3 is 5.97 Å². The van der Waals surface area contributed by atoms with Gasteiger partial charge in [0.15, 0.2) is 10.8 Å². The zero-order chi connectivity index (χ0) is 52.5. The van der Waals surface area contributed by atoms with Crippen LogP contribution in [0.15, 0.2) is 91.0 Å². The number of hydrogen-bond donors (Lipinski definition) is 3. The predicted octanol–water partition coefficient (Wildman–Crippen LogP) is 9.60. The molecule has 4 aromatic carbocycles. The van der Waals surface area contributed by atoms with Crippen LogP contribution in [0.3, 0.4) is 0 Å². The molecule has 3 aliphatic heterocycles. The summed E-state index contributed by atoms with van der Waals surface area (Å²) in [5, 5.41) is 14.5. The number of fused-ring (bicyclic) bond motifs is 3. The number of carbonyl (C=O) groups is 5. The lowest BCUT2D eigenvalue weighted by Gasteiger charge is -2.34. The van der Waals surface area contributed by atoms with Gasteiger partial charge in [0.25, 0.3) is 5.91 Å². The van der Waals surface area contributed by atoms with E-state index in [2.05, 4.69) is 48.8 Å². The number of aryl methyl sites for hydroxylation is 2. The van der Waals surface area contributed by atoms with Gasteiger partial charge < -0.3 is 19.7 Å². The monoisotopic (exact) mass is 1030 g/mol. The van der Waals surface area contributed by atoms with E-state index in [4.69, 9.17) is 14.5 Å². The van der Waals surface area contributed by atoms with Crippen molar-refractivity contribution in [3.05, 3.63) is 125 Å². The molecule has 0 aliphatic carbocycles. The van der Waals surface area contributed by atoms with Gasteiger partial charge in [-0.15, -0.1) is 0 Å². The Morgan fingerprint density at radius 1 is 0.880 bits per heavy atom. The number of ether oxygens (including phenoxy) is 2. The maximum Gasteiger partial charge on any atom is 0.358 e. The fourth-order valence-electron chi connectivity index (χ4n) is 10.7. The summed E-state index contributed by atoms with van der Waals surface area (Å²) in [4.78, 5) is 79.2. The highest BCUT2D eigenvalue weighted by Gasteiger charge is 2.33. The van der Waals surface area contributed by atoms with Gasteiger partial charge in [-0.2, -0.15) is 5.10 Å². The standard InChI is InChI=1S/C58H63N9O7S/c1-34(36-22-26-66(27-23-36)33-51(69)59-38-14-16-43-47(31-38)65(6)64-52(43)44-19-21-50(68)62-55(44)71)25-29-73-39-15-17-40(35(2)30-39)41-18-20-49(61-53(41)56(72)74-58(3,4)5)67-28-24-37-10-9-11-42(45(37)32-67)54(70)63-57-60-46-12-7-8-13-48(46)75-57/h7-18,20,30-31,34,36,44H,19,21-29,32-33H2,1-6H3,(H,59,69)(H,60,63,70)(H,62,68,71)/t34-,44?/m0/s1. The van der Waals surface area contributed by atoms with Crippen LogP contribution in [-0.4, -0.2) is 92.6 Å². The number of hydrogen-bond acceptors (Lipinski definition) is 13. The van der Waals surface area contributed by atoms with E-state index in [1.165, 1.54) is 11.3 Å². The predicted molar refractivity (Wildman–Crippen MR) is 291 cm³/mol. The molecule has 75 heavy (non-hydrogen) atoms. The molecule has 4 amide bonds. The highest BCUT2D eigenvalue weighted by Crippen LogP contribution is 2.36. The molecule has 0 saturated carbocycles. The molecule has 2 saturated heterocycles. The Hall–Kier alpha value is -7.50. The van der Waals surface area contributed by atoms with E-state index < -0.39 is 17.5 Å². The van der Waals surface area contributed by atoms with Crippen LogP contribution in [0.1, 0.15) is 109 Å². The van der Waals surface area contributed by atoms with Crippen LogP contribution in [0, 0.1) is 18.8 Å². The number of esters is 1. The van der Waals surface area contributed by atoms with Crippen LogP contribution < -0.4 is 25.6 Å². The van der Waals surface area contributed by atoms with E-state index in [1.54, 1.807) is 4.68 Å². The zero-order valence-corrected chi connectivity index (χ0v) is 44.1. The number of imide groups is 1. The molecule has 0 bridgehead atoms. The summed E-state index contributed by atoms with van der Waals surface area (Å²) in [7, 11) is 1.81. The number of pyridine rings is 1. The van der Waals surface area contributed by atoms with Gasteiger partial charge in [-0.3, -0.25) is 39.4 Å². The van der Waals surface area contributed by atoms with Crippen molar-refractivity contribution >= 4 is 78.7 Å². The van der Waals surface area contributed by atoms with Gasteiger partial charge in [0.05, 0.1) is 40.5 Å². The Balaban J connectivity index is 0.733. The van der Waals surface area contributed by atoms with Crippen molar-refractivity contribution in [2.75, 3.05) is 48.3 Å². The largest absolute Gasteiger partial charge is 0.494 e. The highest BCUT2D eigenvalue weighted by atomic mass is 32.1. The van der Waals surface area contributed by atoms with Crippen LogP contribution in [0.25, 0.3) is 32.2 Å². The first-order valence-corrected chi connectivity index (χ1v) is 26.7. The number of para-hydroxylation sites is 1. The summed E-state index contributed by atoms with van der Waals surface area (Å²) in [6.07, 6.45) is 4.28. The molecule has 10 rings (SSSR count). The quantitative estimate of drug-likeness (QED) is 0.0692. The number of thiazole rings is 1. The number of anilines is 3. The van der Waals surface area contributed by atoms with Crippen molar-refractivity contribution in [2.45, 2.75) is 91.2 Å². The van der Waals surface area contributed by atoms with E-state index in [-0.39, 0.29) is 35.7 Å². The second kappa shape index (κ2) is 21.4. The van der Waals surface area contributed by atoms with Gasteiger partial charge in [-0.05, 0) is 168 Å². The lowest BCUT2D eigenvalue weighted by molar-refractivity contribution is -0.134. The molecule has 2 fully saturated rings. The number of piperidine rings is 2. The summed E-state index contributed by atoms with van der Waals surface area (Å²) >= 11 is 1.44. The van der Waals surface area contributed by atoms with Crippen molar-refractivity contribution in [1.29, 1.82) is 0 Å². The summed E-state index contributed by atoms with van der Waals surface area (Å²) in [5.41, 5.74) is 7.47. The van der Waals surface area contributed by atoms with Crippen LogP contribution in [0.2, 0.25) is 0 Å². The number of rotatable bonds is 14.